The van der Waals surface area contributed by atoms with Gasteiger partial charge in [-0.3, -0.25) is 29.4 Å². The maximum absolute atomic E-state index is 12.4. The Morgan fingerprint density at radius 1 is 1.05 bits per heavy atom. The molecule has 0 aromatic heterocycles. The van der Waals surface area contributed by atoms with E-state index in [1.807, 2.05) is 11.0 Å². The van der Waals surface area contributed by atoms with Crippen LogP contribution in [0.4, 0.5) is 22.7 Å². The third kappa shape index (κ3) is 6.11. The van der Waals surface area contributed by atoms with Gasteiger partial charge >= 0.3 is 5.97 Å². The van der Waals surface area contributed by atoms with Gasteiger partial charge in [0.1, 0.15) is 18.4 Å². The number of amides is 2. The number of carbonyl (C=O) groups is 3. The highest BCUT2D eigenvalue weighted by atomic mass is 16.6. The van der Waals surface area contributed by atoms with Crippen LogP contribution in [-0.4, -0.2) is 54.4 Å². The lowest BCUT2D eigenvalue weighted by molar-refractivity contribution is -0.384. The largest absolute Gasteiger partial charge is 0.464 e. The first-order chi connectivity index (χ1) is 18.8. The van der Waals surface area contributed by atoms with Crippen molar-refractivity contribution in [3.05, 3.63) is 93.5 Å². The molecule has 2 amide bonds. The number of nitrogens with zero attached hydrogens (tertiary/aromatic N) is 6. The molecule has 3 aromatic carbocycles. The van der Waals surface area contributed by atoms with Crippen molar-refractivity contribution in [3.63, 3.8) is 0 Å². The topological polar surface area (TPSA) is 159 Å². The zero-order valence-electron chi connectivity index (χ0n) is 20.8. The fourth-order valence-corrected chi connectivity index (χ4v) is 3.85. The van der Waals surface area contributed by atoms with E-state index in [2.05, 4.69) is 10.2 Å². The number of esters is 1. The Balaban J connectivity index is 1.24. The fourth-order valence-electron chi connectivity index (χ4n) is 3.85. The van der Waals surface area contributed by atoms with E-state index in [1.54, 1.807) is 55.6 Å². The first kappa shape index (κ1) is 26.6. The van der Waals surface area contributed by atoms with E-state index in [1.165, 1.54) is 12.1 Å². The van der Waals surface area contributed by atoms with Crippen LogP contribution in [0.3, 0.4) is 0 Å². The molecule has 1 heterocycles. The number of imide groups is 1. The van der Waals surface area contributed by atoms with Crippen LogP contribution >= 0.6 is 0 Å². The van der Waals surface area contributed by atoms with Crippen molar-refractivity contribution in [1.82, 2.24) is 4.90 Å². The van der Waals surface area contributed by atoms with E-state index in [0.717, 1.165) is 16.7 Å². The fraction of sp³-hybridized carbons (Fsp3) is 0.185. The van der Waals surface area contributed by atoms with Gasteiger partial charge in [0, 0.05) is 31.4 Å². The lowest BCUT2D eigenvalue weighted by Gasteiger charge is -2.19. The summed E-state index contributed by atoms with van der Waals surface area (Å²) in [5.74, 6) is -1.25. The van der Waals surface area contributed by atoms with Crippen LogP contribution in [0.1, 0.15) is 32.7 Å². The molecule has 0 N–H and O–H groups in total. The number of nitro benzene ring substituents is 1. The lowest BCUT2D eigenvalue weighted by atomic mass is 10.1. The summed E-state index contributed by atoms with van der Waals surface area (Å²) in [7, 11) is 1.80. The number of nitro groups is 1. The molecule has 39 heavy (non-hydrogen) atoms. The number of fused-ring (bicyclic) bond motifs is 1. The second kappa shape index (κ2) is 11.7. The van der Waals surface area contributed by atoms with Crippen LogP contribution in [0.5, 0.6) is 0 Å². The Morgan fingerprint density at radius 2 is 1.72 bits per heavy atom. The molecule has 12 nitrogen and oxygen atoms in total. The highest BCUT2D eigenvalue weighted by molar-refractivity contribution is 6.21. The van der Waals surface area contributed by atoms with Gasteiger partial charge < -0.3 is 9.64 Å². The van der Waals surface area contributed by atoms with E-state index < -0.39 is 22.7 Å². The van der Waals surface area contributed by atoms with Gasteiger partial charge in [-0.05, 0) is 42.5 Å². The minimum Gasteiger partial charge on any atom is -0.464 e. The molecular weight excluding hydrogens is 504 g/mol. The molecule has 0 radical (unpaired) electrons. The summed E-state index contributed by atoms with van der Waals surface area (Å²) in [6.07, 6.45) is 0.0944. The Hall–Kier alpha value is -5.44. The Morgan fingerprint density at radius 3 is 2.33 bits per heavy atom. The normalized spacial score (nSPS) is 12.4. The molecule has 0 saturated carbocycles. The average molecular weight is 527 g/mol. The van der Waals surface area contributed by atoms with Crippen molar-refractivity contribution in [2.75, 3.05) is 31.6 Å². The third-order valence-electron chi connectivity index (χ3n) is 5.98. The first-order valence-corrected chi connectivity index (χ1v) is 11.8. The van der Waals surface area contributed by atoms with Gasteiger partial charge in [0.05, 0.1) is 40.3 Å². The Labute approximate surface area is 222 Å². The van der Waals surface area contributed by atoms with E-state index in [4.69, 9.17) is 4.74 Å². The number of hydrogen-bond acceptors (Lipinski definition) is 10. The summed E-state index contributed by atoms with van der Waals surface area (Å²) >= 11 is 0. The molecule has 0 aliphatic carbocycles. The van der Waals surface area contributed by atoms with Crippen molar-refractivity contribution >= 4 is 40.5 Å². The number of azo groups is 1. The van der Waals surface area contributed by atoms with Gasteiger partial charge in [-0.2, -0.15) is 10.4 Å². The minimum atomic E-state index is -0.588. The second-order valence-electron chi connectivity index (χ2n) is 8.49. The summed E-state index contributed by atoms with van der Waals surface area (Å²) in [5, 5.41) is 28.2. The van der Waals surface area contributed by atoms with Crippen LogP contribution < -0.4 is 4.90 Å². The highest BCUT2D eigenvalue weighted by Gasteiger charge is 2.34. The standard InChI is InChI=1S/C27H22N6O6/c1-31(13-12-25(34)39-15-14-32-26(35)22-4-2-3-5-23(22)27(32)36)20-8-6-19(7-9-20)29-30-24-11-10-21(33(37)38)16-18(24)17-28/h2-11,16H,12-15H2,1H3. The van der Waals surface area contributed by atoms with Crippen molar-refractivity contribution in [2.24, 2.45) is 10.2 Å². The SMILES string of the molecule is CN(CCC(=O)OCCN1C(=O)c2ccccc2C1=O)c1ccc(N=Nc2ccc([N+](=O)[O-])cc2C#N)cc1. The number of ether oxygens (including phenoxy) is 1. The molecule has 1 aliphatic heterocycles. The first-order valence-electron chi connectivity index (χ1n) is 11.8. The molecule has 0 unspecified atom stereocenters. The molecule has 4 rings (SSSR count). The maximum Gasteiger partial charge on any atom is 0.307 e. The number of benzene rings is 3. The molecule has 0 bridgehead atoms. The van der Waals surface area contributed by atoms with Gasteiger partial charge in [-0.25, -0.2) is 0 Å². The molecule has 0 spiro atoms. The average Bonchev–Trinajstić information content (AvgIpc) is 3.19. The Bertz CT molecular complexity index is 1480. The van der Waals surface area contributed by atoms with Crippen LogP contribution in [0.15, 0.2) is 77.0 Å². The van der Waals surface area contributed by atoms with E-state index in [0.29, 0.717) is 23.4 Å². The highest BCUT2D eigenvalue weighted by Crippen LogP contribution is 2.27. The van der Waals surface area contributed by atoms with Crippen molar-refractivity contribution in [2.45, 2.75) is 6.42 Å². The molecule has 1 aliphatic rings. The monoisotopic (exact) mass is 526 g/mol. The third-order valence-corrected chi connectivity index (χ3v) is 5.98. The zero-order chi connectivity index (χ0) is 27.9. The number of rotatable bonds is 10. The van der Waals surface area contributed by atoms with Crippen LogP contribution in [0.2, 0.25) is 0 Å². The summed E-state index contributed by atoms with van der Waals surface area (Å²) in [6.45, 7) is 0.261. The molecule has 0 atom stereocenters. The predicted octanol–water partition coefficient (Wildman–Crippen LogP) is 4.55. The van der Waals surface area contributed by atoms with Crippen LogP contribution in [0, 0.1) is 21.4 Å². The molecular formula is C27H22N6O6. The summed E-state index contributed by atoms with van der Waals surface area (Å²) in [5.41, 5.74) is 2.06. The quantitative estimate of drug-likeness (QED) is 0.122. The zero-order valence-corrected chi connectivity index (χ0v) is 20.8. The van der Waals surface area contributed by atoms with Crippen molar-refractivity contribution in [3.8, 4) is 6.07 Å². The van der Waals surface area contributed by atoms with Crippen LogP contribution in [-0.2, 0) is 9.53 Å². The molecule has 196 valence electrons. The number of carbonyl (C=O) groups excluding carboxylic acids is 3. The smallest absolute Gasteiger partial charge is 0.307 e. The second-order valence-corrected chi connectivity index (χ2v) is 8.49. The molecule has 0 saturated heterocycles. The van der Waals surface area contributed by atoms with Gasteiger partial charge in [0.2, 0.25) is 0 Å². The number of anilines is 1. The number of nitriles is 1. The molecule has 3 aromatic rings. The Kier molecular flexibility index (Phi) is 8.01. The minimum absolute atomic E-state index is 0.0142. The van der Waals surface area contributed by atoms with Crippen molar-refractivity contribution < 1.29 is 24.0 Å². The summed E-state index contributed by atoms with van der Waals surface area (Å²) in [4.78, 5) is 50.1. The van der Waals surface area contributed by atoms with Gasteiger partial charge in [0.25, 0.3) is 17.5 Å². The van der Waals surface area contributed by atoms with Crippen LogP contribution in [0.25, 0.3) is 0 Å². The van der Waals surface area contributed by atoms with Gasteiger partial charge in [0.15, 0.2) is 0 Å². The van der Waals surface area contributed by atoms with Crippen molar-refractivity contribution in [1.29, 1.82) is 5.26 Å². The summed E-state index contributed by atoms with van der Waals surface area (Å²) < 4.78 is 5.22. The lowest BCUT2D eigenvalue weighted by Crippen LogP contribution is -2.33. The number of hydrogen-bond donors (Lipinski definition) is 0. The molecule has 0 fully saturated rings. The summed E-state index contributed by atoms with van der Waals surface area (Å²) in [6, 6.07) is 19.2. The van der Waals surface area contributed by atoms with E-state index >= 15 is 0 Å². The van der Waals surface area contributed by atoms with Gasteiger partial charge in [-0.15, -0.1) is 5.11 Å². The molecule has 12 heteroatoms. The van der Waals surface area contributed by atoms with E-state index in [-0.39, 0.29) is 36.5 Å². The predicted molar refractivity (Wildman–Crippen MR) is 139 cm³/mol. The van der Waals surface area contributed by atoms with E-state index in [9.17, 15) is 29.8 Å². The van der Waals surface area contributed by atoms with Gasteiger partial charge in [-0.1, -0.05) is 12.1 Å². The maximum atomic E-state index is 12.4. The number of non-ortho nitro benzene ring substituents is 1.